The number of hydrogen-bond donors (Lipinski definition) is 1. The van der Waals surface area contributed by atoms with Crippen molar-refractivity contribution in [3.8, 4) is 0 Å². The molecule has 0 aliphatic heterocycles. The summed E-state index contributed by atoms with van der Waals surface area (Å²) < 4.78 is 28.0. The quantitative estimate of drug-likeness (QED) is 0.529. The van der Waals surface area contributed by atoms with Gasteiger partial charge in [0.2, 0.25) is 5.91 Å². The Bertz CT molecular complexity index is 1050. The second-order valence-corrected chi connectivity index (χ2v) is 7.12. The van der Waals surface area contributed by atoms with Gasteiger partial charge in [-0.15, -0.1) is 0 Å². The van der Waals surface area contributed by atoms with Gasteiger partial charge in [0, 0.05) is 17.8 Å². The van der Waals surface area contributed by atoms with E-state index in [1.165, 1.54) is 4.57 Å². The van der Waals surface area contributed by atoms with E-state index in [4.69, 9.17) is 0 Å². The molecule has 0 unspecified atom stereocenters. The molecule has 3 aromatic rings. The maximum absolute atomic E-state index is 13.2. The van der Waals surface area contributed by atoms with E-state index in [1.807, 2.05) is 13.8 Å². The van der Waals surface area contributed by atoms with Crippen molar-refractivity contribution < 1.29 is 13.6 Å². The van der Waals surface area contributed by atoms with Crippen molar-refractivity contribution in [3.63, 3.8) is 0 Å². The minimum Gasteiger partial charge on any atom is -0.325 e. The van der Waals surface area contributed by atoms with Crippen LogP contribution in [0.5, 0.6) is 0 Å². The number of nitrogens with one attached hydrogen (secondary N) is 1. The van der Waals surface area contributed by atoms with Crippen LogP contribution < -0.4 is 10.9 Å². The number of fused-ring (bicyclic) bond motifs is 1. The van der Waals surface area contributed by atoms with Crippen LogP contribution in [-0.4, -0.2) is 21.2 Å². The van der Waals surface area contributed by atoms with Crippen LogP contribution in [0.3, 0.4) is 0 Å². The fraction of sp³-hybridized carbons (Fsp3) is 0.211. The first-order valence-electron chi connectivity index (χ1n) is 8.25. The third-order valence-electron chi connectivity index (χ3n) is 3.77. The minimum atomic E-state index is -0.775. The molecule has 0 atom stereocenters. The molecule has 1 aromatic heterocycles. The van der Waals surface area contributed by atoms with E-state index in [9.17, 15) is 18.4 Å². The molecule has 5 nitrogen and oxygen atoms in total. The molecule has 27 heavy (non-hydrogen) atoms. The molecule has 1 heterocycles. The summed E-state index contributed by atoms with van der Waals surface area (Å²) in [5.41, 5.74) is 0.408. The summed E-state index contributed by atoms with van der Waals surface area (Å²) in [6.07, 6.45) is 0. The van der Waals surface area contributed by atoms with Gasteiger partial charge in [-0.3, -0.25) is 14.2 Å². The van der Waals surface area contributed by atoms with Gasteiger partial charge >= 0.3 is 0 Å². The van der Waals surface area contributed by atoms with Gasteiger partial charge in [-0.25, -0.2) is 13.8 Å². The van der Waals surface area contributed by atoms with Crippen LogP contribution >= 0.6 is 11.8 Å². The number of amides is 1. The number of carbonyl (C=O) groups is 1. The van der Waals surface area contributed by atoms with Crippen LogP contribution in [-0.2, 0) is 4.79 Å². The molecule has 1 N–H and O–H groups in total. The highest BCUT2D eigenvalue weighted by atomic mass is 32.2. The molecule has 1 amide bonds. The first-order valence-corrected chi connectivity index (χ1v) is 9.23. The number of para-hydroxylation sites is 1. The summed E-state index contributed by atoms with van der Waals surface area (Å²) in [5.74, 6) is -2.07. The van der Waals surface area contributed by atoms with E-state index >= 15 is 0 Å². The largest absolute Gasteiger partial charge is 0.325 e. The van der Waals surface area contributed by atoms with Crippen molar-refractivity contribution in [2.75, 3.05) is 11.1 Å². The maximum Gasteiger partial charge on any atom is 0.262 e. The van der Waals surface area contributed by atoms with E-state index in [1.54, 1.807) is 24.3 Å². The van der Waals surface area contributed by atoms with E-state index in [0.29, 0.717) is 16.1 Å². The first kappa shape index (κ1) is 19.0. The number of aromatic nitrogens is 2. The van der Waals surface area contributed by atoms with Crippen molar-refractivity contribution in [2.45, 2.75) is 25.0 Å². The van der Waals surface area contributed by atoms with Gasteiger partial charge in [0.05, 0.1) is 16.7 Å². The average Bonchev–Trinajstić information content (AvgIpc) is 2.58. The molecule has 0 spiro atoms. The number of hydrogen-bond acceptors (Lipinski definition) is 4. The van der Waals surface area contributed by atoms with Crippen molar-refractivity contribution in [2.24, 2.45) is 0 Å². The molecule has 140 valence electrons. The fourth-order valence-electron chi connectivity index (χ4n) is 2.64. The van der Waals surface area contributed by atoms with Crippen LogP contribution in [0, 0.1) is 11.6 Å². The van der Waals surface area contributed by atoms with Crippen LogP contribution in [0.2, 0.25) is 0 Å². The Morgan fingerprint density at radius 1 is 1.19 bits per heavy atom. The van der Waals surface area contributed by atoms with E-state index in [0.717, 1.165) is 30.0 Å². The first-order chi connectivity index (χ1) is 12.8. The smallest absolute Gasteiger partial charge is 0.262 e. The second-order valence-electron chi connectivity index (χ2n) is 6.18. The molecule has 0 saturated carbocycles. The topological polar surface area (TPSA) is 64.0 Å². The molecule has 0 bridgehead atoms. The Kier molecular flexibility index (Phi) is 5.55. The summed E-state index contributed by atoms with van der Waals surface area (Å²) in [7, 11) is 0. The summed E-state index contributed by atoms with van der Waals surface area (Å²) >= 11 is 1.09. The Morgan fingerprint density at radius 2 is 1.85 bits per heavy atom. The Hall–Kier alpha value is -2.74. The van der Waals surface area contributed by atoms with E-state index in [2.05, 4.69) is 10.3 Å². The maximum atomic E-state index is 13.2. The van der Waals surface area contributed by atoms with Gasteiger partial charge in [-0.05, 0) is 38.1 Å². The molecule has 0 aliphatic rings. The molecule has 0 fully saturated rings. The van der Waals surface area contributed by atoms with Crippen LogP contribution in [0.1, 0.15) is 19.9 Å². The number of rotatable bonds is 5. The lowest BCUT2D eigenvalue weighted by atomic mass is 10.2. The van der Waals surface area contributed by atoms with Crippen molar-refractivity contribution in [1.29, 1.82) is 0 Å². The van der Waals surface area contributed by atoms with Gasteiger partial charge in [0.15, 0.2) is 5.16 Å². The van der Waals surface area contributed by atoms with Crippen LogP contribution in [0.25, 0.3) is 10.9 Å². The summed E-state index contributed by atoms with van der Waals surface area (Å²) in [6, 6.07) is 9.66. The normalized spacial score (nSPS) is 11.1. The lowest BCUT2D eigenvalue weighted by Gasteiger charge is -2.16. The second kappa shape index (κ2) is 7.87. The zero-order valence-corrected chi connectivity index (χ0v) is 15.5. The minimum absolute atomic E-state index is 0.0332. The zero-order chi connectivity index (χ0) is 19.6. The van der Waals surface area contributed by atoms with Gasteiger partial charge in [0.1, 0.15) is 11.6 Å². The van der Waals surface area contributed by atoms with Gasteiger partial charge < -0.3 is 5.32 Å². The van der Waals surface area contributed by atoms with Crippen molar-refractivity contribution in [3.05, 3.63) is 64.5 Å². The zero-order valence-electron chi connectivity index (χ0n) is 14.7. The number of nitrogens with zero attached hydrogens (tertiary/aromatic N) is 2. The standard InChI is InChI=1S/C19H17F2N3O2S/c1-11(2)24-18(26)15-5-3-4-6-16(15)23-19(24)27-10-17(25)22-14-8-12(20)7-13(21)9-14/h3-9,11H,10H2,1-2H3,(H,22,25). The van der Waals surface area contributed by atoms with E-state index in [-0.39, 0.29) is 23.0 Å². The summed E-state index contributed by atoms with van der Waals surface area (Å²) in [4.78, 5) is 29.4. The predicted octanol–water partition coefficient (Wildman–Crippen LogP) is 3.99. The molecular weight excluding hydrogens is 372 g/mol. The lowest BCUT2D eigenvalue weighted by molar-refractivity contribution is -0.113. The Balaban J connectivity index is 1.82. The number of anilines is 1. The SMILES string of the molecule is CC(C)n1c(SCC(=O)Nc2cc(F)cc(F)c2)nc2ccccc2c1=O. The highest BCUT2D eigenvalue weighted by molar-refractivity contribution is 7.99. The fourth-order valence-corrected chi connectivity index (χ4v) is 3.56. The number of halogens is 2. The molecular formula is C19H17F2N3O2S. The van der Waals surface area contributed by atoms with Gasteiger partial charge in [0.25, 0.3) is 5.56 Å². The Morgan fingerprint density at radius 3 is 2.52 bits per heavy atom. The highest BCUT2D eigenvalue weighted by Crippen LogP contribution is 2.21. The number of carbonyl (C=O) groups excluding carboxylic acids is 1. The monoisotopic (exact) mass is 389 g/mol. The molecule has 2 aromatic carbocycles. The predicted molar refractivity (Wildman–Crippen MR) is 102 cm³/mol. The molecule has 3 rings (SSSR count). The highest BCUT2D eigenvalue weighted by Gasteiger charge is 2.15. The summed E-state index contributed by atoms with van der Waals surface area (Å²) in [5, 5.41) is 3.36. The number of thioether (sulfide) groups is 1. The van der Waals surface area contributed by atoms with Gasteiger partial charge in [-0.1, -0.05) is 23.9 Å². The van der Waals surface area contributed by atoms with Crippen LogP contribution in [0.4, 0.5) is 14.5 Å². The average molecular weight is 389 g/mol. The molecule has 8 heteroatoms. The lowest BCUT2D eigenvalue weighted by Crippen LogP contribution is -2.25. The summed E-state index contributed by atoms with van der Waals surface area (Å²) in [6.45, 7) is 3.72. The van der Waals surface area contributed by atoms with Crippen molar-refractivity contribution >= 4 is 34.3 Å². The van der Waals surface area contributed by atoms with Gasteiger partial charge in [-0.2, -0.15) is 0 Å². The van der Waals surface area contributed by atoms with Crippen LogP contribution in [0.15, 0.2) is 52.4 Å². The Labute approximate surface area is 158 Å². The van der Waals surface area contributed by atoms with E-state index < -0.39 is 17.5 Å². The third-order valence-corrected chi connectivity index (χ3v) is 4.72. The third kappa shape index (κ3) is 4.33. The number of benzene rings is 2. The molecule has 0 radical (unpaired) electrons. The van der Waals surface area contributed by atoms with Crippen molar-refractivity contribution in [1.82, 2.24) is 9.55 Å². The molecule has 0 saturated heterocycles. The molecule has 0 aliphatic carbocycles.